The fourth-order valence-electron chi connectivity index (χ4n) is 0.255. The molecular weight excluding hydrogens is 336 g/mol. The molecule has 0 unspecified atom stereocenters. The molecule has 0 aliphatic carbocycles. The maximum atomic E-state index is 6.40. The van der Waals surface area contributed by atoms with Crippen molar-refractivity contribution in [2.24, 2.45) is 0 Å². The van der Waals surface area contributed by atoms with E-state index in [9.17, 15) is 0 Å². The molecule has 0 aliphatic rings. The van der Waals surface area contributed by atoms with Crippen LogP contribution in [0.3, 0.4) is 0 Å². The van der Waals surface area contributed by atoms with Crippen LogP contribution < -0.4 is 0 Å². The van der Waals surface area contributed by atoms with Gasteiger partial charge in [-0.25, -0.2) is 5.92 Å². The molecule has 0 saturated heterocycles. The van der Waals surface area contributed by atoms with E-state index >= 15 is 0 Å². The molecule has 0 nitrogen and oxygen atoms in total. The summed E-state index contributed by atoms with van der Waals surface area (Å²) in [5.41, 5.74) is 0. The molecule has 0 amide bonds. The quantitative estimate of drug-likeness (QED) is 0.438. The molecular formula is C12HIr-. The standard InChI is InChI=1S/C12H.Ir/c1-3-5-7-9-11-12-10-8-6-4-2;/h1H;/q-1;. The number of terminal acetylenes is 1. The zero-order valence-corrected chi connectivity index (χ0v) is 8.81. The van der Waals surface area contributed by atoms with E-state index in [4.69, 9.17) is 12.8 Å². The molecule has 0 bridgehead atoms. The summed E-state index contributed by atoms with van der Waals surface area (Å²) in [6.45, 7) is 0. The Labute approximate surface area is 92.2 Å². The number of rotatable bonds is 0. The van der Waals surface area contributed by atoms with E-state index in [0.29, 0.717) is 0 Å². The van der Waals surface area contributed by atoms with Gasteiger partial charge >= 0.3 is 0 Å². The van der Waals surface area contributed by atoms with Crippen molar-refractivity contribution < 1.29 is 20.1 Å². The van der Waals surface area contributed by atoms with Crippen LogP contribution in [0.4, 0.5) is 0 Å². The van der Waals surface area contributed by atoms with Crippen LogP contribution >= 0.6 is 0 Å². The van der Waals surface area contributed by atoms with Crippen molar-refractivity contribution in [3.8, 4) is 65.6 Å². The van der Waals surface area contributed by atoms with Crippen LogP contribution in [-0.4, -0.2) is 0 Å². The van der Waals surface area contributed by atoms with Gasteiger partial charge in [0.05, 0.1) is 0 Å². The first-order chi connectivity index (χ1) is 5.91. The van der Waals surface area contributed by atoms with E-state index in [1.807, 2.05) is 5.92 Å². The van der Waals surface area contributed by atoms with E-state index < -0.39 is 0 Å². The summed E-state index contributed by atoms with van der Waals surface area (Å²) in [5.74, 6) is 22.8. The molecule has 0 heterocycles. The Bertz CT molecular complexity index is 417. The normalized spacial score (nSPS) is 3.23. The van der Waals surface area contributed by atoms with Gasteiger partial charge in [-0.1, -0.05) is 0 Å². The van der Waals surface area contributed by atoms with Gasteiger partial charge < -0.3 is 6.42 Å². The van der Waals surface area contributed by atoms with E-state index in [2.05, 4.69) is 53.3 Å². The molecule has 0 fully saturated rings. The minimum absolute atomic E-state index is 0. The molecule has 1 radical (unpaired) electrons. The molecule has 0 N–H and O–H groups in total. The van der Waals surface area contributed by atoms with Crippen LogP contribution in [-0.2, 0) is 20.1 Å². The molecule has 1 heteroatoms. The Morgan fingerprint density at radius 3 is 1.46 bits per heavy atom. The predicted molar refractivity (Wildman–Crippen MR) is 47.1 cm³/mol. The monoisotopic (exact) mass is 338 g/mol. The summed E-state index contributed by atoms with van der Waals surface area (Å²) >= 11 is 0. The summed E-state index contributed by atoms with van der Waals surface area (Å²) in [6.07, 6.45) is 11.2. The van der Waals surface area contributed by atoms with Crippen molar-refractivity contribution in [3.05, 3.63) is 6.42 Å². The summed E-state index contributed by atoms with van der Waals surface area (Å²) in [5, 5.41) is 0. The molecule has 59 valence electrons. The Morgan fingerprint density at radius 2 is 1.08 bits per heavy atom. The summed E-state index contributed by atoms with van der Waals surface area (Å²) < 4.78 is 0. The Kier molecular flexibility index (Phi) is 13.2. The van der Waals surface area contributed by atoms with Crippen molar-refractivity contribution in [1.29, 1.82) is 0 Å². The molecule has 0 atom stereocenters. The van der Waals surface area contributed by atoms with Gasteiger partial charge in [0, 0.05) is 20.1 Å². The van der Waals surface area contributed by atoms with Crippen molar-refractivity contribution in [2.45, 2.75) is 0 Å². The van der Waals surface area contributed by atoms with Gasteiger partial charge in [-0.3, -0.25) is 5.92 Å². The zero-order chi connectivity index (χ0) is 9.07. The molecule has 13 heavy (non-hydrogen) atoms. The first-order valence-electron chi connectivity index (χ1n) is 2.79. The summed E-state index contributed by atoms with van der Waals surface area (Å²) in [7, 11) is 0. The topological polar surface area (TPSA) is 0 Å². The average Bonchev–Trinajstić information content (AvgIpc) is 2.10. The molecule has 0 spiro atoms. The fraction of sp³-hybridized carbons (Fsp3) is 0. The molecule has 0 aromatic heterocycles. The first kappa shape index (κ1) is 13.6. The zero-order valence-electron chi connectivity index (χ0n) is 6.41. The van der Waals surface area contributed by atoms with Crippen molar-refractivity contribution in [3.63, 3.8) is 0 Å². The molecule has 0 aromatic rings. The molecule has 0 aliphatic heterocycles. The van der Waals surface area contributed by atoms with Crippen molar-refractivity contribution in [2.75, 3.05) is 0 Å². The Balaban J connectivity index is 0. The summed E-state index contributed by atoms with van der Waals surface area (Å²) in [4.78, 5) is 0. The molecule has 0 aromatic carbocycles. The second kappa shape index (κ2) is 12.7. The van der Waals surface area contributed by atoms with Crippen LogP contribution in [0.5, 0.6) is 0 Å². The van der Waals surface area contributed by atoms with E-state index in [-0.39, 0.29) is 20.1 Å². The Hall–Kier alpha value is -1.99. The third kappa shape index (κ3) is 13.1. The van der Waals surface area contributed by atoms with Crippen LogP contribution in [0.25, 0.3) is 0 Å². The number of hydrogen-bond donors (Lipinski definition) is 0. The van der Waals surface area contributed by atoms with Gasteiger partial charge in [0.1, 0.15) is 0 Å². The van der Waals surface area contributed by atoms with E-state index in [0.717, 1.165) is 0 Å². The Morgan fingerprint density at radius 1 is 0.692 bits per heavy atom. The van der Waals surface area contributed by atoms with Gasteiger partial charge in [-0.15, -0.1) is 12.3 Å². The van der Waals surface area contributed by atoms with Crippen molar-refractivity contribution >= 4 is 0 Å². The number of hydrogen-bond acceptors (Lipinski definition) is 0. The van der Waals surface area contributed by atoms with Crippen LogP contribution in [0, 0.1) is 72.1 Å². The van der Waals surface area contributed by atoms with Gasteiger partial charge in [-0.2, -0.15) is 0 Å². The minimum Gasteiger partial charge on any atom is -0.358 e. The van der Waals surface area contributed by atoms with Gasteiger partial charge in [-0.05, 0) is 41.4 Å². The maximum absolute atomic E-state index is 6.40. The van der Waals surface area contributed by atoms with Gasteiger partial charge in [0.15, 0.2) is 0 Å². The van der Waals surface area contributed by atoms with Crippen molar-refractivity contribution in [1.82, 2.24) is 0 Å². The van der Waals surface area contributed by atoms with Crippen LogP contribution in [0.2, 0.25) is 0 Å². The first-order valence-corrected chi connectivity index (χ1v) is 2.79. The summed E-state index contributed by atoms with van der Waals surface area (Å²) in [6, 6.07) is 0. The fourth-order valence-corrected chi connectivity index (χ4v) is 0.255. The van der Waals surface area contributed by atoms with Gasteiger partial charge in [0.25, 0.3) is 0 Å². The SMILES string of the molecule is [C-]#CC#CC#CC#CC#CC#C.[Ir]. The smallest absolute Gasteiger partial charge is 0 e. The second-order valence-electron chi connectivity index (χ2n) is 1.27. The average molecular weight is 337 g/mol. The second-order valence-corrected chi connectivity index (χ2v) is 1.27. The third-order valence-corrected chi connectivity index (χ3v) is 0.572. The minimum atomic E-state index is 0. The third-order valence-electron chi connectivity index (χ3n) is 0.572. The van der Waals surface area contributed by atoms with Crippen LogP contribution in [0.1, 0.15) is 0 Å². The van der Waals surface area contributed by atoms with E-state index in [1.165, 1.54) is 0 Å². The van der Waals surface area contributed by atoms with Crippen LogP contribution in [0.15, 0.2) is 0 Å². The predicted octanol–water partition coefficient (Wildman–Crippen LogP) is 0.220. The van der Waals surface area contributed by atoms with Gasteiger partial charge in [0.2, 0.25) is 0 Å². The largest absolute Gasteiger partial charge is 0.358 e. The molecule has 0 rings (SSSR count). The molecule has 0 saturated carbocycles. The van der Waals surface area contributed by atoms with E-state index in [1.54, 1.807) is 0 Å². The maximum Gasteiger partial charge on any atom is 0 e.